The molecule has 3 aromatic rings. The third kappa shape index (κ3) is 2.22. The number of rotatable bonds is 3. The van der Waals surface area contributed by atoms with Gasteiger partial charge in [-0.3, -0.25) is 0 Å². The van der Waals surface area contributed by atoms with Gasteiger partial charge in [-0.1, -0.05) is 30.0 Å². The van der Waals surface area contributed by atoms with Crippen molar-refractivity contribution in [2.45, 2.75) is 16.0 Å². The first-order valence-corrected chi connectivity index (χ1v) is 7.94. The molecular weight excluding hydrogens is 296 g/mol. The van der Waals surface area contributed by atoms with Gasteiger partial charge in [0.15, 0.2) is 5.65 Å². The number of anilines is 1. The number of benzene rings is 1. The quantitative estimate of drug-likeness (QED) is 0.798. The van der Waals surface area contributed by atoms with Crippen LogP contribution >= 0.6 is 11.8 Å². The first-order valence-electron chi connectivity index (χ1n) is 7.12. The Bertz CT molecular complexity index is 810. The maximum atomic E-state index is 6.08. The van der Waals surface area contributed by atoms with Gasteiger partial charge in [0.25, 0.3) is 0 Å². The van der Waals surface area contributed by atoms with Crippen molar-refractivity contribution in [3.63, 3.8) is 0 Å². The van der Waals surface area contributed by atoms with Crippen molar-refractivity contribution in [2.24, 2.45) is 0 Å². The summed E-state index contributed by atoms with van der Waals surface area (Å²) in [5.74, 6) is 0.488. The molecule has 1 fully saturated rings. The van der Waals surface area contributed by atoms with Crippen LogP contribution in [0.25, 0.3) is 11.0 Å². The van der Waals surface area contributed by atoms with Crippen molar-refractivity contribution in [3.8, 4) is 0 Å². The van der Waals surface area contributed by atoms with Crippen molar-refractivity contribution in [3.05, 3.63) is 36.7 Å². The molecule has 0 aliphatic carbocycles. The monoisotopic (exact) mass is 312 g/mol. The van der Waals surface area contributed by atoms with Crippen LogP contribution < -0.4 is 5.73 Å². The van der Waals surface area contributed by atoms with E-state index in [1.807, 2.05) is 22.9 Å². The predicted molar refractivity (Wildman–Crippen MR) is 86.8 cm³/mol. The highest BCUT2D eigenvalue weighted by molar-refractivity contribution is 7.99. The second-order valence-electron chi connectivity index (χ2n) is 5.50. The topological polar surface area (TPSA) is 72.9 Å². The van der Waals surface area contributed by atoms with Crippen molar-refractivity contribution >= 4 is 28.6 Å². The summed E-state index contributed by atoms with van der Waals surface area (Å²) in [6.07, 6.45) is 1.51. The van der Waals surface area contributed by atoms with Crippen molar-refractivity contribution < 1.29 is 0 Å². The van der Waals surface area contributed by atoms with Crippen LogP contribution in [-0.4, -0.2) is 44.8 Å². The van der Waals surface area contributed by atoms with Crippen molar-refractivity contribution in [1.82, 2.24) is 24.6 Å². The summed E-state index contributed by atoms with van der Waals surface area (Å²) in [4.78, 5) is 11.9. The molecule has 0 saturated carbocycles. The fraction of sp³-hybridized carbons (Fsp3) is 0.267. The number of fused-ring (bicyclic) bond motifs is 1. The molecule has 2 aromatic heterocycles. The number of hydrogen-bond acceptors (Lipinski definition) is 6. The van der Waals surface area contributed by atoms with Crippen LogP contribution in [0.15, 0.2) is 46.6 Å². The molecule has 1 aliphatic rings. The molecule has 0 bridgehead atoms. The van der Waals surface area contributed by atoms with Gasteiger partial charge in [-0.2, -0.15) is 5.10 Å². The highest BCUT2D eigenvalue weighted by atomic mass is 32.2. The summed E-state index contributed by atoms with van der Waals surface area (Å²) in [5.41, 5.74) is 6.91. The molecule has 0 radical (unpaired) electrons. The molecule has 3 heterocycles. The molecule has 0 spiro atoms. The van der Waals surface area contributed by atoms with Crippen LogP contribution in [0.2, 0.25) is 0 Å². The first kappa shape index (κ1) is 13.5. The van der Waals surface area contributed by atoms with Gasteiger partial charge < -0.3 is 10.6 Å². The first-order chi connectivity index (χ1) is 10.7. The van der Waals surface area contributed by atoms with E-state index < -0.39 is 0 Å². The van der Waals surface area contributed by atoms with E-state index in [2.05, 4.69) is 34.0 Å². The van der Waals surface area contributed by atoms with Gasteiger partial charge in [-0.25, -0.2) is 14.6 Å². The molecule has 1 saturated heterocycles. The van der Waals surface area contributed by atoms with Gasteiger partial charge in [-0.15, -0.1) is 0 Å². The SMILES string of the molecule is CN1CC(n2nc(Sc3ccccc3)c3c(N)ncnc32)C1. The van der Waals surface area contributed by atoms with E-state index in [0.717, 1.165) is 34.0 Å². The second kappa shape index (κ2) is 5.26. The minimum Gasteiger partial charge on any atom is -0.383 e. The Kier molecular flexibility index (Phi) is 3.24. The van der Waals surface area contributed by atoms with Crippen LogP contribution in [0.4, 0.5) is 5.82 Å². The molecule has 22 heavy (non-hydrogen) atoms. The zero-order chi connectivity index (χ0) is 15.1. The summed E-state index contributed by atoms with van der Waals surface area (Å²) in [5, 5.41) is 6.49. The van der Waals surface area contributed by atoms with E-state index in [0.29, 0.717) is 11.9 Å². The number of likely N-dealkylation sites (tertiary alicyclic amines) is 1. The lowest BCUT2D eigenvalue weighted by atomic mass is 10.1. The third-order valence-corrected chi connectivity index (χ3v) is 4.82. The van der Waals surface area contributed by atoms with E-state index in [4.69, 9.17) is 10.8 Å². The van der Waals surface area contributed by atoms with Gasteiger partial charge in [-0.05, 0) is 19.2 Å². The van der Waals surface area contributed by atoms with Gasteiger partial charge in [0, 0.05) is 18.0 Å². The largest absolute Gasteiger partial charge is 0.383 e. The molecule has 1 aliphatic heterocycles. The second-order valence-corrected chi connectivity index (χ2v) is 6.56. The number of nitrogens with zero attached hydrogens (tertiary/aromatic N) is 5. The minimum atomic E-state index is 0.354. The molecular formula is C15H16N6S. The Morgan fingerprint density at radius 2 is 1.95 bits per heavy atom. The van der Waals surface area contributed by atoms with Crippen LogP contribution in [0.1, 0.15) is 6.04 Å². The predicted octanol–water partition coefficient (Wildman–Crippen LogP) is 2.05. The average Bonchev–Trinajstić information content (AvgIpc) is 2.85. The third-order valence-electron chi connectivity index (χ3n) is 3.83. The number of hydrogen-bond donors (Lipinski definition) is 1. The normalized spacial score (nSPS) is 16.0. The highest BCUT2D eigenvalue weighted by Gasteiger charge is 2.29. The van der Waals surface area contributed by atoms with Crippen LogP contribution in [0, 0.1) is 0 Å². The summed E-state index contributed by atoms with van der Waals surface area (Å²) < 4.78 is 2.00. The van der Waals surface area contributed by atoms with E-state index in [-0.39, 0.29) is 0 Å². The fourth-order valence-electron chi connectivity index (χ4n) is 2.71. The molecule has 7 heteroatoms. The summed E-state index contributed by atoms with van der Waals surface area (Å²) in [6, 6.07) is 10.5. The molecule has 0 unspecified atom stereocenters. The molecule has 1 aromatic carbocycles. The van der Waals surface area contributed by atoms with Gasteiger partial charge in [0.2, 0.25) is 0 Å². The summed E-state index contributed by atoms with van der Waals surface area (Å²) in [6.45, 7) is 1.96. The van der Waals surface area contributed by atoms with E-state index in [9.17, 15) is 0 Å². The van der Waals surface area contributed by atoms with Crippen LogP contribution in [-0.2, 0) is 0 Å². The minimum absolute atomic E-state index is 0.354. The highest BCUT2D eigenvalue weighted by Crippen LogP contribution is 2.36. The maximum absolute atomic E-state index is 6.08. The Morgan fingerprint density at radius 1 is 1.18 bits per heavy atom. The van der Waals surface area contributed by atoms with Crippen LogP contribution in [0.3, 0.4) is 0 Å². The van der Waals surface area contributed by atoms with Crippen molar-refractivity contribution in [1.29, 1.82) is 0 Å². The zero-order valence-electron chi connectivity index (χ0n) is 12.2. The molecule has 112 valence electrons. The van der Waals surface area contributed by atoms with Crippen LogP contribution in [0.5, 0.6) is 0 Å². The van der Waals surface area contributed by atoms with Gasteiger partial charge >= 0.3 is 0 Å². The molecule has 2 N–H and O–H groups in total. The Labute approximate surface area is 132 Å². The van der Waals surface area contributed by atoms with Gasteiger partial charge in [0.05, 0.1) is 11.4 Å². The number of likely N-dealkylation sites (N-methyl/N-ethyl adjacent to an activating group) is 1. The fourth-order valence-corrected chi connectivity index (χ4v) is 3.65. The maximum Gasteiger partial charge on any atom is 0.164 e. The summed E-state index contributed by atoms with van der Waals surface area (Å²) >= 11 is 1.60. The molecule has 0 amide bonds. The van der Waals surface area contributed by atoms with Crippen molar-refractivity contribution in [2.75, 3.05) is 25.9 Å². The lowest BCUT2D eigenvalue weighted by Crippen LogP contribution is -2.45. The molecule has 6 nitrogen and oxygen atoms in total. The molecule has 4 rings (SSSR count). The lowest BCUT2D eigenvalue weighted by molar-refractivity contribution is 0.132. The Hall–Kier alpha value is -2.12. The smallest absolute Gasteiger partial charge is 0.164 e. The average molecular weight is 312 g/mol. The van der Waals surface area contributed by atoms with Gasteiger partial charge in [0.1, 0.15) is 17.2 Å². The summed E-state index contributed by atoms with van der Waals surface area (Å²) in [7, 11) is 2.10. The van der Waals surface area contributed by atoms with E-state index >= 15 is 0 Å². The number of aromatic nitrogens is 4. The zero-order valence-corrected chi connectivity index (χ0v) is 13.0. The number of nitrogens with two attached hydrogens (primary N) is 1. The standard InChI is InChI=1S/C15H16N6S/c1-20-7-10(8-20)21-14-12(13(16)17-9-18-14)15(19-21)22-11-5-3-2-4-6-11/h2-6,9-10H,7-8H2,1H3,(H2,16,17,18). The van der Waals surface area contributed by atoms with E-state index in [1.165, 1.54) is 6.33 Å². The molecule has 0 atom stereocenters. The Balaban J connectivity index is 1.80. The van der Waals surface area contributed by atoms with E-state index in [1.54, 1.807) is 11.8 Å². The lowest BCUT2D eigenvalue weighted by Gasteiger charge is -2.36. The number of nitrogen functional groups attached to an aromatic ring is 1. The Morgan fingerprint density at radius 3 is 2.68 bits per heavy atom.